The number of carbonyl (C=O) groups excluding carboxylic acids is 1. The first-order chi connectivity index (χ1) is 7.13. The van der Waals surface area contributed by atoms with Gasteiger partial charge in [-0.2, -0.15) is 0 Å². The minimum absolute atomic E-state index is 0.0507. The van der Waals surface area contributed by atoms with Crippen molar-refractivity contribution in [1.29, 1.82) is 0 Å². The third-order valence-corrected chi connectivity index (χ3v) is 1.93. The normalized spacial score (nSPS) is 9.33. The van der Waals surface area contributed by atoms with Gasteiger partial charge < -0.3 is 10.6 Å². The molecule has 0 aliphatic carbocycles. The molecule has 0 atom stereocenters. The predicted molar refractivity (Wildman–Crippen MR) is 58.8 cm³/mol. The maximum Gasteiger partial charge on any atom is 0.229 e. The highest BCUT2D eigenvalue weighted by molar-refractivity contribution is 5.78. The van der Waals surface area contributed by atoms with Gasteiger partial charge >= 0.3 is 0 Å². The number of amides is 1. The van der Waals surface area contributed by atoms with Gasteiger partial charge in [-0.25, -0.2) is 0 Å². The molecule has 78 valence electrons. The van der Waals surface area contributed by atoms with Crippen LogP contribution < -0.4 is 5.73 Å². The minimum atomic E-state index is -0.0507. The summed E-state index contributed by atoms with van der Waals surface area (Å²) >= 11 is 0. The van der Waals surface area contributed by atoms with Gasteiger partial charge in [0.2, 0.25) is 5.91 Å². The number of nitrogens with two attached hydrogens (primary N) is 1. The van der Waals surface area contributed by atoms with E-state index in [4.69, 9.17) is 12.2 Å². The third-order valence-electron chi connectivity index (χ3n) is 1.93. The van der Waals surface area contributed by atoms with Crippen molar-refractivity contribution >= 4 is 11.6 Å². The van der Waals surface area contributed by atoms with E-state index in [0.717, 1.165) is 0 Å². The number of pyridine rings is 1. The lowest BCUT2D eigenvalue weighted by molar-refractivity contribution is -0.128. The average molecular weight is 203 g/mol. The fourth-order valence-electron chi connectivity index (χ4n) is 1.06. The first kappa shape index (κ1) is 11.1. The minimum Gasteiger partial charge on any atom is -0.397 e. The number of hydrogen-bond donors (Lipinski definition) is 1. The third kappa shape index (κ3) is 3.31. The van der Waals surface area contributed by atoms with Gasteiger partial charge in [-0.3, -0.25) is 9.78 Å². The second-order valence-electron chi connectivity index (χ2n) is 3.21. The van der Waals surface area contributed by atoms with Gasteiger partial charge in [-0.1, -0.05) is 5.92 Å². The fourth-order valence-corrected chi connectivity index (χ4v) is 1.06. The summed E-state index contributed by atoms with van der Waals surface area (Å²) in [5.41, 5.74) is 6.76. The highest BCUT2D eigenvalue weighted by Crippen LogP contribution is 2.03. The van der Waals surface area contributed by atoms with Crippen LogP contribution >= 0.6 is 0 Å². The van der Waals surface area contributed by atoms with Crippen LogP contribution in [0.2, 0.25) is 0 Å². The fraction of sp³-hybridized carbons (Fsp3) is 0.273. The quantitative estimate of drug-likeness (QED) is 0.719. The Labute approximate surface area is 89.1 Å². The van der Waals surface area contributed by atoms with Gasteiger partial charge in [-0.15, -0.1) is 6.42 Å². The largest absolute Gasteiger partial charge is 0.397 e. The number of carbonyl (C=O) groups is 1. The number of nitrogen functional groups attached to an aromatic ring is 1. The van der Waals surface area contributed by atoms with Crippen molar-refractivity contribution in [2.45, 2.75) is 6.42 Å². The summed E-state index contributed by atoms with van der Waals surface area (Å²) in [7, 11) is 1.67. The SMILES string of the molecule is C#CCN(C)C(=O)Cc1ccc(N)cn1. The lowest BCUT2D eigenvalue weighted by Gasteiger charge is -2.13. The van der Waals surface area contributed by atoms with Gasteiger partial charge in [-0.05, 0) is 12.1 Å². The summed E-state index contributed by atoms with van der Waals surface area (Å²) in [6.07, 6.45) is 6.88. The van der Waals surface area contributed by atoms with Crippen LogP contribution in [0.5, 0.6) is 0 Å². The zero-order valence-electron chi connectivity index (χ0n) is 8.60. The van der Waals surface area contributed by atoms with Crippen LogP contribution in [0.4, 0.5) is 5.69 Å². The highest BCUT2D eigenvalue weighted by atomic mass is 16.2. The van der Waals surface area contributed by atoms with Crippen LogP contribution in [0.15, 0.2) is 18.3 Å². The molecular formula is C11H13N3O. The first-order valence-corrected chi connectivity index (χ1v) is 4.51. The summed E-state index contributed by atoms with van der Waals surface area (Å²) in [5, 5.41) is 0. The number of rotatable bonds is 3. The number of nitrogens with zero attached hydrogens (tertiary/aromatic N) is 2. The smallest absolute Gasteiger partial charge is 0.229 e. The Morgan fingerprint density at radius 1 is 1.67 bits per heavy atom. The van der Waals surface area contributed by atoms with Gasteiger partial charge in [0.1, 0.15) is 0 Å². The van der Waals surface area contributed by atoms with Crippen LogP contribution in [0, 0.1) is 12.3 Å². The molecule has 0 aliphatic heterocycles. The summed E-state index contributed by atoms with van der Waals surface area (Å²) in [6, 6.07) is 3.45. The number of hydrogen-bond acceptors (Lipinski definition) is 3. The lowest BCUT2D eigenvalue weighted by atomic mass is 10.2. The van der Waals surface area contributed by atoms with E-state index in [-0.39, 0.29) is 12.3 Å². The summed E-state index contributed by atoms with van der Waals surface area (Å²) < 4.78 is 0. The lowest BCUT2D eigenvalue weighted by Crippen LogP contribution is -2.28. The van der Waals surface area contributed by atoms with Crippen molar-refractivity contribution in [3.8, 4) is 12.3 Å². The number of likely N-dealkylation sites (N-methyl/N-ethyl adjacent to an activating group) is 1. The molecule has 0 spiro atoms. The zero-order chi connectivity index (χ0) is 11.3. The monoisotopic (exact) mass is 203 g/mol. The standard InChI is InChI=1S/C11H13N3O/c1-3-6-14(2)11(15)7-10-5-4-9(12)8-13-10/h1,4-5,8H,6-7,12H2,2H3. The van der Waals surface area contributed by atoms with Gasteiger partial charge in [0.15, 0.2) is 0 Å². The van der Waals surface area contributed by atoms with Crippen LogP contribution in [0.1, 0.15) is 5.69 Å². The molecule has 15 heavy (non-hydrogen) atoms. The molecule has 0 radical (unpaired) electrons. The molecule has 1 aromatic rings. The van der Waals surface area contributed by atoms with E-state index in [0.29, 0.717) is 17.9 Å². The molecular weight excluding hydrogens is 190 g/mol. The molecule has 1 heterocycles. The highest BCUT2D eigenvalue weighted by Gasteiger charge is 2.08. The molecule has 1 aromatic heterocycles. The maximum atomic E-state index is 11.5. The Balaban J connectivity index is 2.59. The molecule has 0 saturated heterocycles. The Bertz CT molecular complexity index is 378. The van der Waals surface area contributed by atoms with E-state index in [1.807, 2.05) is 0 Å². The first-order valence-electron chi connectivity index (χ1n) is 4.51. The van der Waals surface area contributed by atoms with E-state index < -0.39 is 0 Å². The summed E-state index contributed by atoms with van der Waals surface area (Å²) in [5.74, 6) is 2.36. The van der Waals surface area contributed by atoms with Crippen LogP contribution in [0.3, 0.4) is 0 Å². The number of anilines is 1. The zero-order valence-corrected chi connectivity index (χ0v) is 8.60. The molecule has 0 bridgehead atoms. The maximum absolute atomic E-state index is 11.5. The van der Waals surface area contributed by atoms with Crippen LogP contribution in [-0.2, 0) is 11.2 Å². The molecule has 4 nitrogen and oxygen atoms in total. The topological polar surface area (TPSA) is 59.2 Å². The molecule has 4 heteroatoms. The van der Waals surface area contributed by atoms with Gasteiger partial charge in [0.25, 0.3) is 0 Å². The van der Waals surface area contributed by atoms with Crippen molar-refractivity contribution in [3.05, 3.63) is 24.0 Å². The molecule has 0 fully saturated rings. The molecule has 0 saturated carbocycles. The Morgan fingerprint density at radius 3 is 2.93 bits per heavy atom. The van der Waals surface area contributed by atoms with Gasteiger partial charge in [0, 0.05) is 12.7 Å². The number of aromatic nitrogens is 1. The Hall–Kier alpha value is -2.02. The molecule has 0 unspecified atom stereocenters. The van der Waals surface area contributed by atoms with Crippen LogP contribution in [-0.4, -0.2) is 29.4 Å². The van der Waals surface area contributed by atoms with Crippen molar-refractivity contribution in [1.82, 2.24) is 9.88 Å². The Kier molecular flexibility index (Phi) is 3.69. The van der Waals surface area contributed by atoms with Crippen LogP contribution in [0.25, 0.3) is 0 Å². The second-order valence-corrected chi connectivity index (χ2v) is 3.21. The molecule has 0 aliphatic rings. The number of terminal acetylenes is 1. The van der Waals surface area contributed by atoms with Crippen molar-refractivity contribution in [2.24, 2.45) is 0 Å². The summed E-state index contributed by atoms with van der Waals surface area (Å²) in [4.78, 5) is 17.1. The molecule has 2 N–H and O–H groups in total. The average Bonchev–Trinajstić information content (AvgIpc) is 2.22. The van der Waals surface area contributed by atoms with E-state index in [1.54, 1.807) is 19.2 Å². The Morgan fingerprint density at radius 2 is 2.40 bits per heavy atom. The summed E-state index contributed by atoms with van der Waals surface area (Å²) in [6.45, 7) is 0.313. The molecule has 1 rings (SSSR count). The van der Waals surface area contributed by atoms with Crippen molar-refractivity contribution < 1.29 is 4.79 Å². The van der Waals surface area contributed by atoms with E-state index in [2.05, 4.69) is 10.9 Å². The van der Waals surface area contributed by atoms with Crippen molar-refractivity contribution in [2.75, 3.05) is 19.3 Å². The molecule has 1 amide bonds. The molecule has 0 aromatic carbocycles. The predicted octanol–water partition coefficient (Wildman–Crippen LogP) is 0.298. The van der Waals surface area contributed by atoms with Crippen molar-refractivity contribution in [3.63, 3.8) is 0 Å². The van der Waals surface area contributed by atoms with E-state index >= 15 is 0 Å². The van der Waals surface area contributed by atoms with Gasteiger partial charge in [0.05, 0.1) is 24.8 Å². The van der Waals surface area contributed by atoms with E-state index in [9.17, 15) is 4.79 Å². The second kappa shape index (κ2) is 5.01. The van der Waals surface area contributed by atoms with E-state index in [1.165, 1.54) is 11.1 Å².